The van der Waals surface area contributed by atoms with Gasteiger partial charge in [0.25, 0.3) is 0 Å². The normalized spacial score (nSPS) is 20.9. The van der Waals surface area contributed by atoms with Crippen LogP contribution in [0.1, 0.15) is 44.1 Å². The SMILES string of the molecule is Cc1c(C(F)(F)F)cc2n1CCC(C(C)(C)C)C2. The second kappa shape index (κ2) is 4.04. The molecule has 0 bridgehead atoms. The lowest BCUT2D eigenvalue weighted by molar-refractivity contribution is -0.138. The first-order chi connectivity index (χ1) is 8.10. The van der Waals surface area contributed by atoms with E-state index in [-0.39, 0.29) is 5.41 Å². The molecule has 0 N–H and O–H groups in total. The maximum Gasteiger partial charge on any atom is 0.418 e. The number of fused-ring (bicyclic) bond motifs is 1. The fourth-order valence-corrected chi connectivity index (χ4v) is 2.86. The Bertz CT molecular complexity index is 449. The van der Waals surface area contributed by atoms with Crippen LogP contribution in [0, 0.1) is 18.3 Å². The maximum absolute atomic E-state index is 12.9. The van der Waals surface area contributed by atoms with Gasteiger partial charge in [-0.3, -0.25) is 0 Å². The van der Waals surface area contributed by atoms with Gasteiger partial charge < -0.3 is 4.57 Å². The lowest BCUT2D eigenvalue weighted by Gasteiger charge is -2.35. The third-order valence-electron chi connectivity index (χ3n) is 4.14. The highest BCUT2D eigenvalue weighted by Crippen LogP contribution is 2.40. The van der Waals surface area contributed by atoms with E-state index in [4.69, 9.17) is 0 Å². The second-order valence-corrected chi connectivity index (χ2v) is 6.34. The molecule has 0 amide bonds. The van der Waals surface area contributed by atoms with Gasteiger partial charge in [-0.15, -0.1) is 0 Å². The summed E-state index contributed by atoms with van der Waals surface area (Å²) in [4.78, 5) is 0. The first-order valence-electron chi connectivity index (χ1n) is 6.37. The number of hydrogen-bond acceptors (Lipinski definition) is 0. The topological polar surface area (TPSA) is 4.93 Å². The molecule has 0 spiro atoms. The van der Waals surface area contributed by atoms with E-state index < -0.39 is 11.7 Å². The Kier molecular flexibility index (Phi) is 3.03. The molecule has 1 aliphatic heterocycles. The summed E-state index contributed by atoms with van der Waals surface area (Å²) >= 11 is 0. The third kappa shape index (κ3) is 2.29. The van der Waals surface area contributed by atoms with Crippen LogP contribution in [-0.2, 0) is 19.1 Å². The largest absolute Gasteiger partial charge is 0.418 e. The molecule has 2 heterocycles. The predicted octanol–water partition coefficient (Wildman–Crippen LogP) is 4.42. The zero-order valence-corrected chi connectivity index (χ0v) is 11.4. The lowest BCUT2D eigenvalue weighted by Crippen LogP contribution is -2.29. The van der Waals surface area contributed by atoms with Crippen LogP contribution in [-0.4, -0.2) is 4.57 Å². The molecule has 18 heavy (non-hydrogen) atoms. The molecule has 1 atom stereocenters. The van der Waals surface area contributed by atoms with Crippen LogP contribution in [0.2, 0.25) is 0 Å². The fraction of sp³-hybridized carbons (Fsp3) is 0.714. The van der Waals surface area contributed by atoms with E-state index in [1.54, 1.807) is 6.92 Å². The summed E-state index contributed by atoms with van der Waals surface area (Å²) in [6, 6.07) is 1.34. The van der Waals surface area contributed by atoms with Gasteiger partial charge in [0, 0.05) is 17.9 Å². The Balaban J connectivity index is 2.35. The highest BCUT2D eigenvalue weighted by Gasteiger charge is 2.37. The predicted molar refractivity (Wildman–Crippen MR) is 65.4 cm³/mol. The van der Waals surface area contributed by atoms with Gasteiger partial charge >= 0.3 is 6.18 Å². The minimum atomic E-state index is -4.23. The Labute approximate surface area is 106 Å². The number of hydrogen-bond donors (Lipinski definition) is 0. The minimum absolute atomic E-state index is 0.155. The Hall–Kier alpha value is -0.930. The summed E-state index contributed by atoms with van der Waals surface area (Å²) in [5.41, 5.74) is 0.893. The molecule has 1 unspecified atom stereocenters. The molecule has 1 aromatic rings. The number of nitrogens with zero attached hydrogens (tertiary/aromatic N) is 1. The summed E-state index contributed by atoms with van der Waals surface area (Å²) in [6.45, 7) is 8.76. The summed E-state index contributed by atoms with van der Waals surface area (Å²) < 4.78 is 40.4. The molecule has 1 aliphatic rings. The van der Waals surface area contributed by atoms with Crippen molar-refractivity contribution in [1.82, 2.24) is 4.57 Å². The van der Waals surface area contributed by atoms with Crippen molar-refractivity contribution in [2.45, 2.75) is 53.3 Å². The van der Waals surface area contributed by atoms with Crippen LogP contribution in [0.4, 0.5) is 13.2 Å². The van der Waals surface area contributed by atoms with Crippen molar-refractivity contribution in [3.63, 3.8) is 0 Å². The zero-order chi connectivity index (χ0) is 13.7. The van der Waals surface area contributed by atoms with E-state index in [0.29, 0.717) is 18.2 Å². The first kappa shape index (κ1) is 13.5. The van der Waals surface area contributed by atoms with Crippen LogP contribution in [0.5, 0.6) is 0 Å². The van der Waals surface area contributed by atoms with Crippen LogP contribution >= 0.6 is 0 Å². The molecule has 4 heteroatoms. The van der Waals surface area contributed by atoms with Crippen LogP contribution in [0.3, 0.4) is 0 Å². The van der Waals surface area contributed by atoms with Crippen molar-refractivity contribution in [2.75, 3.05) is 0 Å². The smallest absolute Gasteiger partial charge is 0.348 e. The fourth-order valence-electron chi connectivity index (χ4n) is 2.86. The van der Waals surface area contributed by atoms with Crippen molar-refractivity contribution in [1.29, 1.82) is 0 Å². The number of alkyl halides is 3. The van der Waals surface area contributed by atoms with Gasteiger partial charge in [0.2, 0.25) is 0 Å². The summed E-state index contributed by atoms with van der Waals surface area (Å²) in [7, 11) is 0. The van der Waals surface area contributed by atoms with Gasteiger partial charge in [-0.25, -0.2) is 0 Å². The average molecular weight is 259 g/mol. The van der Waals surface area contributed by atoms with Crippen LogP contribution in [0.25, 0.3) is 0 Å². The van der Waals surface area contributed by atoms with Gasteiger partial charge in [-0.2, -0.15) is 13.2 Å². The molecule has 1 nitrogen and oxygen atoms in total. The number of halogens is 3. The molecule has 2 rings (SSSR count). The van der Waals surface area contributed by atoms with Crippen molar-refractivity contribution in [3.05, 3.63) is 23.0 Å². The summed E-state index contributed by atoms with van der Waals surface area (Å²) in [6.07, 6.45) is -2.52. The minimum Gasteiger partial charge on any atom is -0.348 e. The maximum atomic E-state index is 12.9. The molecule has 0 saturated heterocycles. The van der Waals surface area contributed by atoms with Gasteiger partial charge in [0.1, 0.15) is 0 Å². The van der Waals surface area contributed by atoms with Crippen LogP contribution < -0.4 is 0 Å². The second-order valence-electron chi connectivity index (χ2n) is 6.34. The standard InChI is InChI=1S/C14H20F3N/c1-9-12(14(15,16)17)8-11-7-10(13(2,3)4)5-6-18(9)11/h8,10H,5-7H2,1-4H3. The van der Waals surface area contributed by atoms with Gasteiger partial charge in [0.15, 0.2) is 0 Å². The van der Waals surface area contributed by atoms with Crippen molar-refractivity contribution in [3.8, 4) is 0 Å². The molecule has 102 valence electrons. The summed E-state index contributed by atoms with van der Waals surface area (Å²) in [5, 5.41) is 0. The third-order valence-corrected chi connectivity index (χ3v) is 4.14. The van der Waals surface area contributed by atoms with Gasteiger partial charge in [-0.1, -0.05) is 20.8 Å². The van der Waals surface area contributed by atoms with E-state index in [1.807, 2.05) is 4.57 Å². The van der Waals surface area contributed by atoms with E-state index >= 15 is 0 Å². The highest BCUT2D eigenvalue weighted by molar-refractivity contribution is 5.31. The monoisotopic (exact) mass is 259 g/mol. The summed E-state index contributed by atoms with van der Waals surface area (Å²) in [5.74, 6) is 0.459. The Morgan fingerprint density at radius 2 is 1.83 bits per heavy atom. The molecule has 0 radical (unpaired) electrons. The quantitative estimate of drug-likeness (QED) is 0.649. The Morgan fingerprint density at radius 3 is 2.33 bits per heavy atom. The van der Waals surface area contributed by atoms with Crippen molar-refractivity contribution < 1.29 is 13.2 Å². The van der Waals surface area contributed by atoms with E-state index in [0.717, 1.165) is 18.5 Å². The van der Waals surface area contributed by atoms with Gasteiger partial charge in [0.05, 0.1) is 5.56 Å². The van der Waals surface area contributed by atoms with Gasteiger partial charge in [-0.05, 0) is 37.2 Å². The van der Waals surface area contributed by atoms with E-state index in [2.05, 4.69) is 20.8 Å². The zero-order valence-electron chi connectivity index (χ0n) is 11.4. The highest BCUT2D eigenvalue weighted by atomic mass is 19.4. The Morgan fingerprint density at radius 1 is 1.22 bits per heavy atom. The molecular weight excluding hydrogens is 239 g/mol. The van der Waals surface area contributed by atoms with E-state index in [1.165, 1.54) is 6.07 Å². The molecule has 0 fully saturated rings. The van der Waals surface area contributed by atoms with Crippen molar-refractivity contribution >= 4 is 0 Å². The molecular formula is C14H20F3N. The van der Waals surface area contributed by atoms with Crippen molar-refractivity contribution in [2.24, 2.45) is 11.3 Å². The average Bonchev–Trinajstić information content (AvgIpc) is 2.54. The van der Waals surface area contributed by atoms with E-state index in [9.17, 15) is 13.2 Å². The molecule has 0 aliphatic carbocycles. The van der Waals surface area contributed by atoms with Crippen LogP contribution in [0.15, 0.2) is 6.07 Å². The molecule has 1 aromatic heterocycles. The first-order valence-corrected chi connectivity index (χ1v) is 6.37. The molecule has 0 saturated carbocycles. The lowest BCUT2D eigenvalue weighted by atomic mass is 9.75. The number of rotatable bonds is 0. The number of aromatic nitrogens is 1. The molecule has 0 aromatic carbocycles.